The van der Waals surface area contributed by atoms with Gasteiger partial charge in [0, 0.05) is 11.1 Å². The maximum Gasteiger partial charge on any atom is 0.139 e. The van der Waals surface area contributed by atoms with Crippen LogP contribution in [0.2, 0.25) is 5.02 Å². The van der Waals surface area contributed by atoms with Crippen molar-refractivity contribution in [3.05, 3.63) is 64.7 Å². The van der Waals surface area contributed by atoms with E-state index in [0.29, 0.717) is 5.02 Å². The third-order valence-corrected chi connectivity index (χ3v) is 3.84. The monoisotopic (exact) mass is 303 g/mol. The first-order valence-electron chi connectivity index (χ1n) is 7.40. The Hall–Kier alpha value is -1.51. The van der Waals surface area contributed by atoms with Gasteiger partial charge in [-0.3, -0.25) is 0 Å². The molecule has 0 bridgehead atoms. The molecule has 2 N–H and O–H groups in total. The van der Waals surface area contributed by atoms with Gasteiger partial charge in [0.2, 0.25) is 0 Å². The summed E-state index contributed by atoms with van der Waals surface area (Å²) in [7, 11) is 0. The molecule has 0 saturated heterocycles. The smallest absolute Gasteiger partial charge is 0.139 e. The van der Waals surface area contributed by atoms with Gasteiger partial charge in [-0.2, -0.15) is 0 Å². The summed E-state index contributed by atoms with van der Waals surface area (Å²) in [5.74, 6) is 0.850. The third kappa shape index (κ3) is 4.23. The van der Waals surface area contributed by atoms with E-state index in [1.54, 1.807) is 0 Å². The van der Waals surface area contributed by atoms with Gasteiger partial charge in [-0.25, -0.2) is 0 Å². The fourth-order valence-electron chi connectivity index (χ4n) is 2.29. The standard InChI is InChI=1S/C18H22ClNO/c1-3-13-7-5-10-16(11-13)21-18(17(20)4-2)14-8-6-9-15(19)12-14/h5-12,17-18H,3-4,20H2,1-2H3. The molecule has 0 aliphatic carbocycles. The van der Waals surface area contributed by atoms with Crippen molar-refractivity contribution in [3.63, 3.8) is 0 Å². The van der Waals surface area contributed by atoms with E-state index in [-0.39, 0.29) is 12.1 Å². The summed E-state index contributed by atoms with van der Waals surface area (Å²) >= 11 is 6.09. The Bertz CT molecular complexity index is 585. The van der Waals surface area contributed by atoms with Crippen molar-refractivity contribution < 1.29 is 4.74 Å². The molecule has 0 saturated carbocycles. The van der Waals surface area contributed by atoms with Crippen LogP contribution in [0.3, 0.4) is 0 Å². The molecule has 2 aromatic carbocycles. The summed E-state index contributed by atoms with van der Waals surface area (Å²) in [4.78, 5) is 0. The van der Waals surface area contributed by atoms with E-state index in [1.165, 1.54) is 5.56 Å². The van der Waals surface area contributed by atoms with Crippen molar-refractivity contribution in [2.75, 3.05) is 0 Å². The van der Waals surface area contributed by atoms with Crippen LogP contribution in [-0.2, 0) is 6.42 Å². The molecule has 0 spiro atoms. The molecule has 0 amide bonds. The number of halogens is 1. The maximum atomic E-state index is 6.25. The predicted molar refractivity (Wildman–Crippen MR) is 88.9 cm³/mol. The van der Waals surface area contributed by atoms with E-state index in [1.807, 2.05) is 36.4 Å². The predicted octanol–water partition coefficient (Wildman–Crippen LogP) is 4.76. The Morgan fingerprint density at radius 3 is 2.52 bits per heavy atom. The molecular weight excluding hydrogens is 282 g/mol. The first kappa shape index (κ1) is 15.9. The van der Waals surface area contributed by atoms with Crippen LogP contribution in [0.25, 0.3) is 0 Å². The highest BCUT2D eigenvalue weighted by atomic mass is 35.5. The second kappa shape index (κ2) is 7.48. The molecule has 2 atom stereocenters. The highest BCUT2D eigenvalue weighted by Gasteiger charge is 2.21. The molecule has 3 heteroatoms. The van der Waals surface area contributed by atoms with Crippen molar-refractivity contribution in [1.82, 2.24) is 0 Å². The van der Waals surface area contributed by atoms with Crippen molar-refractivity contribution in [2.24, 2.45) is 5.73 Å². The third-order valence-electron chi connectivity index (χ3n) is 3.61. The summed E-state index contributed by atoms with van der Waals surface area (Å²) in [5, 5.41) is 0.701. The molecule has 0 aliphatic heterocycles. The fraction of sp³-hybridized carbons (Fsp3) is 0.333. The van der Waals surface area contributed by atoms with Crippen molar-refractivity contribution in [1.29, 1.82) is 0 Å². The quantitative estimate of drug-likeness (QED) is 0.835. The SMILES string of the molecule is CCc1cccc(OC(c2cccc(Cl)c2)C(N)CC)c1. The fourth-order valence-corrected chi connectivity index (χ4v) is 2.48. The number of benzene rings is 2. The lowest BCUT2D eigenvalue weighted by atomic mass is 10.0. The van der Waals surface area contributed by atoms with E-state index < -0.39 is 0 Å². The van der Waals surface area contributed by atoms with E-state index in [2.05, 4.69) is 26.0 Å². The van der Waals surface area contributed by atoms with Crippen molar-refractivity contribution in [3.8, 4) is 5.75 Å². The summed E-state index contributed by atoms with van der Waals surface area (Å²) in [6.45, 7) is 4.19. The summed E-state index contributed by atoms with van der Waals surface area (Å²) in [6, 6.07) is 15.8. The molecule has 0 heterocycles. The second-order valence-electron chi connectivity index (χ2n) is 5.17. The average molecular weight is 304 g/mol. The molecule has 2 rings (SSSR count). The van der Waals surface area contributed by atoms with Crippen LogP contribution in [0, 0.1) is 0 Å². The highest BCUT2D eigenvalue weighted by molar-refractivity contribution is 6.30. The first-order chi connectivity index (χ1) is 10.1. The normalized spacial score (nSPS) is 13.7. The van der Waals surface area contributed by atoms with E-state index in [4.69, 9.17) is 22.1 Å². The minimum Gasteiger partial charge on any atom is -0.484 e. The van der Waals surface area contributed by atoms with Gasteiger partial charge < -0.3 is 10.5 Å². The Morgan fingerprint density at radius 2 is 1.86 bits per heavy atom. The molecule has 2 aromatic rings. The lowest BCUT2D eigenvalue weighted by Gasteiger charge is -2.25. The van der Waals surface area contributed by atoms with E-state index >= 15 is 0 Å². The van der Waals surface area contributed by atoms with Gasteiger partial charge >= 0.3 is 0 Å². The number of nitrogens with two attached hydrogens (primary N) is 1. The van der Waals surface area contributed by atoms with Crippen LogP contribution in [-0.4, -0.2) is 6.04 Å². The molecule has 0 aliphatic rings. The van der Waals surface area contributed by atoms with Gasteiger partial charge in [0.05, 0.1) is 0 Å². The van der Waals surface area contributed by atoms with Crippen LogP contribution >= 0.6 is 11.6 Å². The molecule has 2 unspecified atom stereocenters. The van der Waals surface area contributed by atoms with Gasteiger partial charge in [-0.1, -0.05) is 49.7 Å². The lowest BCUT2D eigenvalue weighted by Crippen LogP contribution is -2.31. The molecule has 0 aromatic heterocycles. The zero-order valence-electron chi connectivity index (χ0n) is 12.6. The summed E-state index contributed by atoms with van der Waals surface area (Å²) < 4.78 is 6.17. The van der Waals surface area contributed by atoms with Gasteiger partial charge in [0.15, 0.2) is 0 Å². The number of ether oxygens (including phenoxy) is 1. The number of aryl methyl sites for hydroxylation is 1. The second-order valence-corrected chi connectivity index (χ2v) is 5.60. The Kier molecular flexibility index (Phi) is 5.66. The number of hydrogen-bond acceptors (Lipinski definition) is 2. The first-order valence-corrected chi connectivity index (χ1v) is 7.78. The summed E-state index contributed by atoms with van der Waals surface area (Å²) in [5.41, 5.74) is 8.51. The zero-order chi connectivity index (χ0) is 15.2. The highest BCUT2D eigenvalue weighted by Crippen LogP contribution is 2.27. The number of hydrogen-bond donors (Lipinski definition) is 1. The van der Waals surface area contributed by atoms with Crippen LogP contribution in [0.5, 0.6) is 5.75 Å². The molecule has 0 radical (unpaired) electrons. The Balaban J connectivity index is 2.28. The van der Waals surface area contributed by atoms with Crippen molar-refractivity contribution >= 4 is 11.6 Å². The average Bonchev–Trinajstić information content (AvgIpc) is 2.52. The van der Waals surface area contributed by atoms with Gasteiger partial charge in [0.25, 0.3) is 0 Å². The van der Waals surface area contributed by atoms with Crippen LogP contribution in [0.15, 0.2) is 48.5 Å². The zero-order valence-corrected chi connectivity index (χ0v) is 13.3. The van der Waals surface area contributed by atoms with E-state index in [0.717, 1.165) is 24.2 Å². The minimum absolute atomic E-state index is 0.0752. The van der Waals surface area contributed by atoms with Crippen LogP contribution in [0.4, 0.5) is 0 Å². The molecule has 21 heavy (non-hydrogen) atoms. The van der Waals surface area contributed by atoms with Crippen LogP contribution < -0.4 is 10.5 Å². The molecule has 2 nitrogen and oxygen atoms in total. The maximum absolute atomic E-state index is 6.25. The largest absolute Gasteiger partial charge is 0.484 e. The minimum atomic E-state index is -0.194. The Labute approximate surface area is 131 Å². The topological polar surface area (TPSA) is 35.2 Å². The van der Waals surface area contributed by atoms with Crippen LogP contribution in [0.1, 0.15) is 37.5 Å². The molecular formula is C18H22ClNO. The van der Waals surface area contributed by atoms with Gasteiger partial charge in [-0.05, 0) is 48.2 Å². The van der Waals surface area contributed by atoms with Crippen molar-refractivity contribution in [2.45, 2.75) is 38.8 Å². The van der Waals surface area contributed by atoms with Gasteiger partial charge in [-0.15, -0.1) is 0 Å². The molecule has 0 fully saturated rings. The lowest BCUT2D eigenvalue weighted by molar-refractivity contribution is 0.171. The molecule has 112 valence electrons. The number of rotatable bonds is 6. The summed E-state index contributed by atoms with van der Waals surface area (Å²) in [6.07, 6.45) is 1.63. The van der Waals surface area contributed by atoms with Gasteiger partial charge in [0.1, 0.15) is 11.9 Å². The Morgan fingerprint density at radius 1 is 1.10 bits per heavy atom. The van der Waals surface area contributed by atoms with E-state index in [9.17, 15) is 0 Å².